The minimum atomic E-state index is -0.249. The molecule has 2 aliphatic heterocycles. The molecule has 1 aromatic carbocycles. The molecule has 148 valence electrons. The SMILES string of the molecule is Cc1noc(C2(C)CC3CCC2N(C(=O)N(C)C2CC2c2ccccc2)C3)n1. The van der Waals surface area contributed by atoms with Crippen LogP contribution in [0.15, 0.2) is 34.9 Å². The second kappa shape index (κ2) is 6.33. The highest BCUT2D eigenvalue weighted by molar-refractivity contribution is 5.76. The van der Waals surface area contributed by atoms with E-state index < -0.39 is 0 Å². The van der Waals surface area contributed by atoms with E-state index in [0.29, 0.717) is 29.6 Å². The molecule has 5 atom stereocenters. The lowest BCUT2D eigenvalue weighted by molar-refractivity contribution is -0.00894. The van der Waals surface area contributed by atoms with E-state index in [1.165, 1.54) is 12.0 Å². The van der Waals surface area contributed by atoms with E-state index in [1.54, 1.807) is 0 Å². The predicted molar refractivity (Wildman–Crippen MR) is 105 cm³/mol. The summed E-state index contributed by atoms with van der Waals surface area (Å²) in [6.07, 6.45) is 4.25. The van der Waals surface area contributed by atoms with Crippen LogP contribution in [0.5, 0.6) is 0 Å². The zero-order valence-corrected chi connectivity index (χ0v) is 16.8. The molecule has 2 bridgehead atoms. The van der Waals surface area contributed by atoms with Gasteiger partial charge in [-0.3, -0.25) is 0 Å². The number of piperidine rings is 2. The Morgan fingerprint density at radius 1 is 1.29 bits per heavy atom. The number of rotatable bonds is 3. The van der Waals surface area contributed by atoms with Crippen LogP contribution in [0.4, 0.5) is 4.79 Å². The molecule has 5 unspecified atom stereocenters. The van der Waals surface area contributed by atoms with Crippen molar-refractivity contribution in [1.29, 1.82) is 0 Å². The standard InChI is InChI=1S/C22H28N4O2/c1-14-23-20(28-24-14)22(2)12-15-9-10-19(22)26(13-15)21(27)25(3)18-11-17(18)16-7-5-4-6-8-16/h4-8,15,17-19H,9-13H2,1-3H3. The maximum Gasteiger partial charge on any atom is 0.320 e. The third-order valence-electron chi connectivity index (χ3n) is 7.17. The topological polar surface area (TPSA) is 62.5 Å². The van der Waals surface area contributed by atoms with Gasteiger partial charge in [0.05, 0.1) is 5.41 Å². The van der Waals surface area contributed by atoms with Crippen LogP contribution >= 0.6 is 0 Å². The highest BCUT2D eigenvalue weighted by Gasteiger charge is 2.55. The Hall–Kier alpha value is -2.37. The number of aryl methyl sites for hydroxylation is 1. The van der Waals surface area contributed by atoms with Gasteiger partial charge in [-0.1, -0.05) is 35.5 Å². The number of carbonyl (C=O) groups excluding carboxylic acids is 1. The van der Waals surface area contributed by atoms with Gasteiger partial charge in [-0.05, 0) is 51.0 Å². The largest absolute Gasteiger partial charge is 0.339 e. The number of nitrogens with zero attached hydrogens (tertiary/aromatic N) is 4. The average molecular weight is 380 g/mol. The summed E-state index contributed by atoms with van der Waals surface area (Å²) >= 11 is 0. The number of carbonyl (C=O) groups is 1. The summed E-state index contributed by atoms with van der Waals surface area (Å²) in [7, 11) is 1.96. The number of hydrogen-bond acceptors (Lipinski definition) is 4. The van der Waals surface area contributed by atoms with Crippen LogP contribution in [-0.4, -0.2) is 51.6 Å². The second-order valence-electron chi connectivity index (χ2n) is 9.09. The molecule has 3 heterocycles. The number of likely N-dealkylation sites (N-methyl/N-ethyl adjacent to an activating group) is 1. The molecule has 2 aromatic rings. The zero-order valence-electron chi connectivity index (χ0n) is 16.8. The third-order valence-corrected chi connectivity index (χ3v) is 7.17. The first-order valence-electron chi connectivity index (χ1n) is 10.4. The van der Waals surface area contributed by atoms with Crippen molar-refractivity contribution < 1.29 is 9.32 Å². The van der Waals surface area contributed by atoms with Crippen molar-refractivity contribution in [3.8, 4) is 0 Å². The molecular formula is C22H28N4O2. The first kappa shape index (κ1) is 17.7. The van der Waals surface area contributed by atoms with E-state index in [2.05, 4.69) is 46.2 Å². The molecular weight excluding hydrogens is 352 g/mol. The molecule has 4 fully saturated rings. The number of urea groups is 1. The smallest absolute Gasteiger partial charge is 0.320 e. The summed E-state index contributed by atoms with van der Waals surface area (Å²) in [6.45, 7) is 4.89. The molecule has 0 spiro atoms. The number of amides is 2. The van der Waals surface area contributed by atoms with Crippen LogP contribution in [0.1, 0.15) is 55.8 Å². The molecule has 6 heteroatoms. The van der Waals surface area contributed by atoms with Gasteiger partial charge in [0, 0.05) is 31.6 Å². The van der Waals surface area contributed by atoms with E-state index >= 15 is 0 Å². The molecule has 6 nitrogen and oxygen atoms in total. The Bertz CT molecular complexity index is 882. The Balaban J connectivity index is 1.35. The van der Waals surface area contributed by atoms with Crippen molar-refractivity contribution in [2.24, 2.45) is 5.92 Å². The van der Waals surface area contributed by atoms with Gasteiger partial charge in [0.25, 0.3) is 0 Å². The number of hydrogen-bond donors (Lipinski definition) is 0. The first-order valence-corrected chi connectivity index (χ1v) is 10.4. The lowest BCUT2D eigenvalue weighted by atomic mass is 9.63. The van der Waals surface area contributed by atoms with Crippen molar-refractivity contribution in [3.05, 3.63) is 47.6 Å². The van der Waals surface area contributed by atoms with Crippen LogP contribution in [0.2, 0.25) is 0 Å². The fraction of sp³-hybridized carbons (Fsp3) is 0.591. The van der Waals surface area contributed by atoms with Gasteiger partial charge in [0.2, 0.25) is 5.89 Å². The van der Waals surface area contributed by atoms with Crippen molar-refractivity contribution in [1.82, 2.24) is 19.9 Å². The van der Waals surface area contributed by atoms with Gasteiger partial charge in [0.15, 0.2) is 5.82 Å². The molecule has 6 rings (SSSR count). The van der Waals surface area contributed by atoms with Crippen LogP contribution in [-0.2, 0) is 5.41 Å². The quantitative estimate of drug-likeness (QED) is 0.814. The van der Waals surface area contributed by atoms with Crippen molar-refractivity contribution in [2.45, 2.75) is 62.9 Å². The summed E-state index contributed by atoms with van der Waals surface area (Å²) in [4.78, 5) is 22.1. The van der Waals surface area contributed by atoms with Gasteiger partial charge in [-0.2, -0.15) is 4.98 Å². The minimum Gasteiger partial charge on any atom is -0.339 e. The Kier molecular flexibility index (Phi) is 4.00. The maximum atomic E-state index is 13.5. The monoisotopic (exact) mass is 380 g/mol. The summed E-state index contributed by atoms with van der Waals surface area (Å²) in [5, 5.41) is 4.01. The summed E-state index contributed by atoms with van der Waals surface area (Å²) in [6, 6.07) is 11.1. The minimum absolute atomic E-state index is 0.126. The molecule has 4 aliphatic rings. The molecule has 2 aliphatic carbocycles. The molecule has 0 radical (unpaired) electrons. The third kappa shape index (κ3) is 2.73. The molecule has 28 heavy (non-hydrogen) atoms. The summed E-state index contributed by atoms with van der Waals surface area (Å²) in [5.41, 5.74) is 1.08. The zero-order chi connectivity index (χ0) is 19.5. The number of aromatic nitrogens is 2. The van der Waals surface area contributed by atoms with Crippen LogP contribution in [0.25, 0.3) is 0 Å². The maximum absolute atomic E-state index is 13.5. The fourth-order valence-corrected chi connectivity index (χ4v) is 5.59. The van der Waals surface area contributed by atoms with Gasteiger partial charge >= 0.3 is 6.03 Å². The van der Waals surface area contributed by atoms with E-state index in [-0.39, 0.29) is 17.5 Å². The van der Waals surface area contributed by atoms with Gasteiger partial charge in [-0.25, -0.2) is 4.79 Å². The second-order valence-corrected chi connectivity index (χ2v) is 9.09. The lowest BCUT2D eigenvalue weighted by Gasteiger charge is -2.54. The van der Waals surface area contributed by atoms with E-state index in [1.807, 2.05) is 24.9 Å². The highest BCUT2D eigenvalue weighted by Crippen LogP contribution is 2.50. The van der Waals surface area contributed by atoms with Gasteiger partial charge in [0.1, 0.15) is 0 Å². The summed E-state index contributed by atoms with van der Waals surface area (Å²) in [5.74, 6) is 2.32. The lowest BCUT2D eigenvalue weighted by Crippen LogP contribution is -2.63. The molecule has 2 amide bonds. The van der Waals surface area contributed by atoms with E-state index in [0.717, 1.165) is 25.8 Å². The van der Waals surface area contributed by atoms with E-state index in [4.69, 9.17) is 4.52 Å². The van der Waals surface area contributed by atoms with Crippen molar-refractivity contribution >= 4 is 6.03 Å². The highest BCUT2D eigenvalue weighted by atomic mass is 16.5. The van der Waals surface area contributed by atoms with Crippen molar-refractivity contribution in [3.63, 3.8) is 0 Å². The Morgan fingerprint density at radius 2 is 2.07 bits per heavy atom. The normalized spacial score (nSPS) is 33.8. The molecule has 1 aromatic heterocycles. The Morgan fingerprint density at radius 3 is 2.75 bits per heavy atom. The molecule has 2 saturated heterocycles. The number of fused-ring (bicyclic) bond motifs is 3. The first-order chi connectivity index (χ1) is 13.5. The van der Waals surface area contributed by atoms with Crippen LogP contribution < -0.4 is 0 Å². The van der Waals surface area contributed by atoms with Crippen molar-refractivity contribution in [2.75, 3.05) is 13.6 Å². The summed E-state index contributed by atoms with van der Waals surface area (Å²) < 4.78 is 5.57. The molecule has 0 N–H and O–H groups in total. The molecule has 2 saturated carbocycles. The average Bonchev–Trinajstić information content (AvgIpc) is 3.40. The van der Waals surface area contributed by atoms with Gasteiger partial charge in [-0.15, -0.1) is 0 Å². The fourth-order valence-electron chi connectivity index (χ4n) is 5.59. The predicted octanol–water partition coefficient (Wildman–Crippen LogP) is 3.73. The van der Waals surface area contributed by atoms with Crippen LogP contribution in [0.3, 0.4) is 0 Å². The Labute approximate surface area is 165 Å². The number of benzene rings is 1. The van der Waals surface area contributed by atoms with Crippen LogP contribution in [0, 0.1) is 12.8 Å². The van der Waals surface area contributed by atoms with E-state index in [9.17, 15) is 4.79 Å². The van der Waals surface area contributed by atoms with Gasteiger partial charge < -0.3 is 14.3 Å².